The normalized spacial score (nSPS) is 29.3. The Bertz CT molecular complexity index is 776. The molecule has 1 fully saturated rings. The van der Waals surface area contributed by atoms with Gasteiger partial charge in [0.2, 0.25) is 12.5 Å². The molecule has 1 N–H and O–H groups in total. The number of hydrogen-bond donors (Lipinski definition) is 1. The van der Waals surface area contributed by atoms with Crippen molar-refractivity contribution in [2.24, 2.45) is 5.41 Å². The van der Waals surface area contributed by atoms with Crippen molar-refractivity contribution in [3.05, 3.63) is 17.2 Å². The molecule has 1 saturated heterocycles. The van der Waals surface area contributed by atoms with Crippen LogP contribution < -0.4 is 19.1 Å². The van der Waals surface area contributed by atoms with Crippen LogP contribution in [0.2, 0.25) is 0 Å². The van der Waals surface area contributed by atoms with Crippen molar-refractivity contribution in [3.8, 4) is 17.2 Å². The summed E-state index contributed by atoms with van der Waals surface area (Å²) in [4.78, 5) is 26.3. The van der Waals surface area contributed by atoms with E-state index in [4.69, 9.17) is 18.9 Å². The van der Waals surface area contributed by atoms with Gasteiger partial charge < -0.3 is 23.8 Å². The summed E-state index contributed by atoms with van der Waals surface area (Å²) < 4.78 is 21.8. The Morgan fingerprint density at radius 3 is 2.88 bits per heavy atom. The monoisotopic (exact) mass is 362 g/mol. The average molecular weight is 362 g/mol. The minimum atomic E-state index is -1.04. The molecule has 3 aliphatic heterocycles. The number of cyclic esters (lactones) is 1. The second kappa shape index (κ2) is 6.16. The van der Waals surface area contributed by atoms with Crippen LogP contribution >= 0.6 is 0 Å². The molecule has 0 aromatic heterocycles. The summed E-state index contributed by atoms with van der Waals surface area (Å²) in [6.07, 6.45) is 1.58. The maximum Gasteiger partial charge on any atom is 0.319 e. The molecule has 0 aliphatic carbocycles. The molecule has 0 saturated carbocycles. The van der Waals surface area contributed by atoms with E-state index in [9.17, 15) is 9.59 Å². The van der Waals surface area contributed by atoms with Crippen molar-refractivity contribution < 1.29 is 33.4 Å². The van der Waals surface area contributed by atoms with Gasteiger partial charge in [-0.05, 0) is 18.6 Å². The second-order valence-electron chi connectivity index (χ2n) is 7.46. The second-order valence-corrected chi connectivity index (χ2v) is 7.46. The van der Waals surface area contributed by atoms with Crippen molar-refractivity contribution in [1.29, 1.82) is 0 Å². The number of rotatable bonds is 4. The molecule has 140 valence electrons. The number of hydrogen-bond acceptors (Lipinski definition) is 6. The van der Waals surface area contributed by atoms with Gasteiger partial charge in [-0.3, -0.25) is 9.59 Å². The quantitative estimate of drug-likeness (QED) is 0.619. The van der Waals surface area contributed by atoms with Crippen molar-refractivity contribution in [2.45, 2.75) is 32.2 Å². The van der Waals surface area contributed by atoms with Crippen LogP contribution in [0.5, 0.6) is 17.2 Å². The summed E-state index contributed by atoms with van der Waals surface area (Å²) in [5.41, 5.74) is 1.07. The van der Waals surface area contributed by atoms with E-state index in [2.05, 4.69) is 7.05 Å². The predicted molar refractivity (Wildman–Crippen MR) is 90.6 cm³/mol. The third-order valence-corrected chi connectivity index (χ3v) is 5.97. The maximum absolute atomic E-state index is 13.0. The fourth-order valence-corrected chi connectivity index (χ4v) is 4.17. The van der Waals surface area contributed by atoms with E-state index in [1.165, 1.54) is 4.90 Å². The highest BCUT2D eigenvalue weighted by Crippen LogP contribution is 2.48. The number of quaternary nitrogens is 1. The minimum absolute atomic E-state index is 0.0723. The number of methoxy groups -OCH3 is 1. The zero-order valence-corrected chi connectivity index (χ0v) is 15.3. The number of carbonyl (C=O) groups is 2. The molecule has 3 atom stereocenters. The summed E-state index contributed by atoms with van der Waals surface area (Å²) in [5, 5.41) is 0. The van der Waals surface area contributed by atoms with Gasteiger partial charge in [-0.25, -0.2) is 0 Å². The summed E-state index contributed by atoms with van der Waals surface area (Å²) in [5.74, 6) is 1.46. The van der Waals surface area contributed by atoms with Gasteiger partial charge in [-0.15, -0.1) is 0 Å². The molecule has 0 radical (unpaired) electrons. The summed E-state index contributed by atoms with van der Waals surface area (Å²) in [6.45, 7) is 3.08. The molecule has 4 rings (SSSR count). The molecule has 3 heterocycles. The Balaban J connectivity index is 1.72. The van der Waals surface area contributed by atoms with Crippen LogP contribution in [0.15, 0.2) is 6.07 Å². The number of ether oxygens (including phenoxy) is 4. The van der Waals surface area contributed by atoms with Gasteiger partial charge >= 0.3 is 5.97 Å². The lowest BCUT2D eigenvalue weighted by Gasteiger charge is -2.33. The SMILES string of the molecule is COc1c2c(cc3c1[C@H](CC(=O)[C@@]1(C)CCOC1=O)[NH+](C)CC3)OCO2. The highest BCUT2D eigenvalue weighted by Gasteiger charge is 2.49. The number of likely N-dealkylation sites (N-methyl/N-ethyl adjacent to an activating group) is 1. The number of nitrogens with one attached hydrogen (secondary N) is 1. The highest BCUT2D eigenvalue weighted by atomic mass is 16.7. The maximum atomic E-state index is 13.0. The van der Waals surface area contributed by atoms with Crippen molar-refractivity contribution >= 4 is 11.8 Å². The van der Waals surface area contributed by atoms with Crippen LogP contribution in [0.4, 0.5) is 0 Å². The van der Waals surface area contributed by atoms with Gasteiger partial charge in [0, 0.05) is 12.8 Å². The Hall–Kier alpha value is -2.28. The third-order valence-electron chi connectivity index (χ3n) is 5.97. The van der Waals surface area contributed by atoms with Crippen molar-refractivity contribution in [2.75, 3.05) is 34.1 Å². The molecule has 0 spiro atoms. The van der Waals surface area contributed by atoms with E-state index < -0.39 is 11.4 Å². The molecule has 3 aliphatic rings. The molecule has 1 aromatic rings. The van der Waals surface area contributed by atoms with Crippen LogP contribution in [0.1, 0.15) is 36.9 Å². The van der Waals surface area contributed by atoms with E-state index in [-0.39, 0.29) is 25.0 Å². The Morgan fingerprint density at radius 2 is 2.19 bits per heavy atom. The lowest BCUT2D eigenvalue weighted by atomic mass is 9.79. The number of benzene rings is 1. The van der Waals surface area contributed by atoms with Crippen molar-refractivity contribution in [3.63, 3.8) is 0 Å². The number of carbonyl (C=O) groups excluding carboxylic acids is 2. The molecular formula is C19H24NO6+. The standard InChI is InChI=1S/C19H23NO6/c1-19(5-7-24-18(19)22)14(21)9-12-15-11(4-6-20(12)2)8-13-16(17(15)23-3)26-10-25-13/h8,12H,4-7,9-10H2,1-3H3/p+1/t12-,19+/m0/s1. The summed E-state index contributed by atoms with van der Waals surface area (Å²) in [7, 11) is 3.68. The minimum Gasteiger partial charge on any atom is -0.492 e. The van der Waals surface area contributed by atoms with Crippen LogP contribution in [0.3, 0.4) is 0 Å². The van der Waals surface area contributed by atoms with Gasteiger partial charge in [-0.2, -0.15) is 0 Å². The number of ketones is 1. The van der Waals surface area contributed by atoms with Crippen LogP contribution in [-0.2, 0) is 20.7 Å². The Kier molecular flexibility index (Phi) is 4.06. The number of Topliss-reactive ketones (excluding diaryl/α,β-unsaturated/α-hetero) is 1. The first kappa shape index (κ1) is 17.1. The summed E-state index contributed by atoms with van der Waals surface area (Å²) >= 11 is 0. The van der Waals surface area contributed by atoms with Gasteiger partial charge in [0.05, 0.1) is 39.3 Å². The van der Waals surface area contributed by atoms with Crippen LogP contribution in [0, 0.1) is 5.41 Å². The molecule has 7 heteroatoms. The molecular weight excluding hydrogens is 338 g/mol. The van der Waals surface area contributed by atoms with Gasteiger partial charge in [0.1, 0.15) is 11.5 Å². The molecule has 7 nitrogen and oxygen atoms in total. The fourth-order valence-electron chi connectivity index (χ4n) is 4.17. The Morgan fingerprint density at radius 1 is 1.38 bits per heavy atom. The first-order chi connectivity index (χ1) is 12.5. The number of esters is 1. The van der Waals surface area contributed by atoms with E-state index in [1.807, 2.05) is 6.07 Å². The van der Waals surface area contributed by atoms with Gasteiger partial charge in [0.25, 0.3) is 0 Å². The van der Waals surface area contributed by atoms with Crippen LogP contribution in [0.25, 0.3) is 0 Å². The highest BCUT2D eigenvalue weighted by molar-refractivity contribution is 6.04. The molecule has 0 amide bonds. The van der Waals surface area contributed by atoms with Gasteiger partial charge in [0.15, 0.2) is 17.3 Å². The molecule has 26 heavy (non-hydrogen) atoms. The third kappa shape index (κ3) is 2.45. The van der Waals surface area contributed by atoms with Crippen LogP contribution in [-0.4, -0.2) is 45.9 Å². The smallest absolute Gasteiger partial charge is 0.319 e. The van der Waals surface area contributed by atoms with Gasteiger partial charge in [-0.1, -0.05) is 0 Å². The lowest BCUT2D eigenvalue weighted by Crippen LogP contribution is -3.10. The predicted octanol–water partition coefficient (Wildman–Crippen LogP) is 0.448. The fraction of sp³-hybridized carbons (Fsp3) is 0.579. The van der Waals surface area contributed by atoms with E-state index in [0.717, 1.165) is 24.1 Å². The molecule has 1 unspecified atom stereocenters. The topological polar surface area (TPSA) is 75.5 Å². The van der Waals surface area contributed by atoms with E-state index >= 15 is 0 Å². The zero-order chi connectivity index (χ0) is 18.5. The zero-order valence-electron chi connectivity index (χ0n) is 15.3. The largest absolute Gasteiger partial charge is 0.492 e. The first-order valence-electron chi connectivity index (χ1n) is 8.98. The Labute approximate surface area is 152 Å². The van der Waals surface area contributed by atoms with E-state index in [1.54, 1.807) is 14.0 Å². The molecule has 1 aromatic carbocycles. The molecule has 0 bridgehead atoms. The average Bonchev–Trinajstić information content (AvgIpc) is 3.22. The lowest BCUT2D eigenvalue weighted by molar-refractivity contribution is -0.914. The first-order valence-corrected chi connectivity index (χ1v) is 8.98. The van der Waals surface area contributed by atoms with E-state index in [0.29, 0.717) is 30.3 Å². The van der Waals surface area contributed by atoms with Crippen molar-refractivity contribution in [1.82, 2.24) is 0 Å². The number of fused-ring (bicyclic) bond motifs is 2. The summed E-state index contributed by atoms with van der Waals surface area (Å²) in [6, 6.07) is 1.90.